The molecule has 0 radical (unpaired) electrons. The van der Waals surface area contributed by atoms with Gasteiger partial charge in [-0.2, -0.15) is 5.01 Å². The number of fused-ring (bicyclic) bond motifs is 5. The Morgan fingerprint density at radius 1 is 0.875 bits per heavy atom. The van der Waals surface area contributed by atoms with E-state index in [9.17, 15) is 19.2 Å². The fourth-order valence-corrected chi connectivity index (χ4v) is 5.79. The van der Waals surface area contributed by atoms with Gasteiger partial charge in [-0.1, -0.05) is 53.5 Å². The molecule has 164 valence electrons. The van der Waals surface area contributed by atoms with Gasteiger partial charge in [0.1, 0.15) is 6.54 Å². The van der Waals surface area contributed by atoms with Gasteiger partial charge in [0.05, 0.1) is 21.9 Å². The monoisotopic (exact) mass is 470 g/mol. The minimum atomic E-state index is -0.651. The van der Waals surface area contributed by atoms with Crippen molar-refractivity contribution in [2.45, 2.75) is 19.3 Å². The number of nitrogens with zero attached hydrogens (tertiary/aromatic N) is 2. The molecule has 2 saturated carbocycles. The Kier molecular flexibility index (Phi) is 5.30. The fourth-order valence-electron chi connectivity index (χ4n) is 5.49. The molecule has 5 rings (SSSR count). The molecule has 1 aliphatic heterocycles. The first kappa shape index (κ1) is 21.2. The molecule has 32 heavy (non-hydrogen) atoms. The van der Waals surface area contributed by atoms with E-state index in [0.29, 0.717) is 5.56 Å². The molecule has 6 nitrogen and oxygen atoms in total. The van der Waals surface area contributed by atoms with E-state index in [0.717, 1.165) is 29.3 Å². The summed E-state index contributed by atoms with van der Waals surface area (Å²) in [6.07, 6.45) is 2.72. The van der Waals surface area contributed by atoms with Crippen molar-refractivity contribution in [3.63, 3.8) is 0 Å². The van der Waals surface area contributed by atoms with Crippen molar-refractivity contribution in [2.24, 2.45) is 23.7 Å². The van der Waals surface area contributed by atoms with Gasteiger partial charge in [0, 0.05) is 11.1 Å². The molecule has 1 heterocycles. The van der Waals surface area contributed by atoms with Crippen LogP contribution >= 0.6 is 23.2 Å². The zero-order chi connectivity index (χ0) is 22.6. The van der Waals surface area contributed by atoms with E-state index >= 15 is 0 Å². The number of ketones is 1. The molecule has 2 aromatic carbocycles. The fraction of sp³-hybridized carbons (Fsp3) is 0.333. The second-order valence-corrected chi connectivity index (χ2v) is 9.47. The molecular weight excluding hydrogens is 451 g/mol. The molecule has 2 bridgehead atoms. The van der Waals surface area contributed by atoms with Gasteiger partial charge in [0.15, 0.2) is 5.78 Å². The highest BCUT2D eigenvalue weighted by Gasteiger charge is 2.62. The molecule has 3 aliphatic rings. The van der Waals surface area contributed by atoms with Gasteiger partial charge in [-0.3, -0.25) is 19.2 Å². The molecule has 0 aromatic heterocycles. The highest BCUT2D eigenvalue weighted by atomic mass is 35.5. The molecule has 8 heteroatoms. The van der Waals surface area contributed by atoms with Gasteiger partial charge in [-0.25, -0.2) is 5.01 Å². The van der Waals surface area contributed by atoms with Crippen molar-refractivity contribution >= 4 is 46.7 Å². The number of hydrogen-bond donors (Lipinski definition) is 0. The van der Waals surface area contributed by atoms with E-state index in [1.165, 1.54) is 18.2 Å². The van der Waals surface area contributed by atoms with Crippen LogP contribution in [0.25, 0.3) is 0 Å². The number of Topliss-reactive ketones (excluding diaryl/α,β-unsaturated/α-hetero) is 1. The predicted molar refractivity (Wildman–Crippen MR) is 118 cm³/mol. The van der Waals surface area contributed by atoms with E-state index in [-0.39, 0.29) is 45.0 Å². The molecule has 2 aromatic rings. The van der Waals surface area contributed by atoms with Crippen molar-refractivity contribution in [2.75, 3.05) is 6.54 Å². The van der Waals surface area contributed by atoms with Gasteiger partial charge in [-0.15, -0.1) is 0 Å². The van der Waals surface area contributed by atoms with E-state index in [2.05, 4.69) is 0 Å². The van der Waals surface area contributed by atoms with Crippen LogP contribution in [-0.4, -0.2) is 40.1 Å². The Balaban J connectivity index is 1.51. The molecule has 3 amide bonds. The normalized spacial score (nSPS) is 25.9. The minimum Gasteiger partial charge on any atom is -0.292 e. The van der Waals surface area contributed by atoms with Crippen LogP contribution < -0.4 is 0 Å². The lowest BCUT2D eigenvalue weighted by Gasteiger charge is -2.31. The third-order valence-electron chi connectivity index (χ3n) is 6.94. The molecule has 3 fully saturated rings. The summed E-state index contributed by atoms with van der Waals surface area (Å²) >= 11 is 12.1. The predicted octanol–water partition coefficient (Wildman–Crippen LogP) is 4.26. The summed E-state index contributed by atoms with van der Waals surface area (Å²) in [4.78, 5) is 53.2. The number of benzene rings is 2. The molecular formula is C24H20Cl2N2O4. The van der Waals surface area contributed by atoms with Gasteiger partial charge in [0.2, 0.25) is 0 Å². The van der Waals surface area contributed by atoms with Gasteiger partial charge >= 0.3 is 0 Å². The van der Waals surface area contributed by atoms with Crippen LogP contribution in [0.3, 0.4) is 0 Å². The summed E-state index contributed by atoms with van der Waals surface area (Å²) in [5.74, 6) is -2.28. The Morgan fingerprint density at radius 3 is 2.09 bits per heavy atom. The lowest BCUT2D eigenvalue weighted by molar-refractivity contribution is -0.154. The summed E-state index contributed by atoms with van der Waals surface area (Å²) < 4.78 is 0. The highest BCUT2D eigenvalue weighted by Crippen LogP contribution is 2.56. The first-order valence-corrected chi connectivity index (χ1v) is 11.4. The lowest BCUT2D eigenvalue weighted by Crippen LogP contribution is -2.52. The third kappa shape index (κ3) is 3.33. The maximum Gasteiger partial charge on any atom is 0.273 e. The number of rotatable bonds is 5. The zero-order valence-electron chi connectivity index (χ0n) is 17.0. The number of hydrazine groups is 1. The van der Waals surface area contributed by atoms with E-state index < -0.39 is 24.3 Å². The van der Waals surface area contributed by atoms with Crippen molar-refractivity contribution < 1.29 is 19.2 Å². The van der Waals surface area contributed by atoms with Gasteiger partial charge in [-0.05, 0) is 49.3 Å². The lowest BCUT2D eigenvalue weighted by atomic mass is 9.81. The number of carbonyl (C=O) groups excluding carboxylic acids is 4. The molecule has 1 saturated heterocycles. The highest BCUT2D eigenvalue weighted by molar-refractivity contribution is 6.42. The third-order valence-corrected chi connectivity index (χ3v) is 7.67. The molecule has 0 spiro atoms. The Labute approximate surface area is 195 Å². The molecule has 4 atom stereocenters. The smallest absolute Gasteiger partial charge is 0.273 e. The maximum atomic E-state index is 13.5. The van der Waals surface area contributed by atoms with Crippen LogP contribution in [0.2, 0.25) is 10.0 Å². The van der Waals surface area contributed by atoms with Crippen molar-refractivity contribution in [1.82, 2.24) is 10.0 Å². The average Bonchev–Trinajstić information content (AvgIpc) is 3.48. The van der Waals surface area contributed by atoms with Crippen molar-refractivity contribution in [3.8, 4) is 0 Å². The summed E-state index contributed by atoms with van der Waals surface area (Å²) in [7, 11) is 0. The topological polar surface area (TPSA) is 74.8 Å². The van der Waals surface area contributed by atoms with Crippen LogP contribution in [-0.2, 0) is 9.59 Å². The number of carbonyl (C=O) groups is 4. The van der Waals surface area contributed by atoms with E-state index in [4.69, 9.17) is 23.2 Å². The van der Waals surface area contributed by atoms with Crippen LogP contribution in [0.4, 0.5) is 0 Å². The van der Waals surface area contributed by atoms with Crippen LogP contribution in [0, 0.1) is 23.7 Å². The van der Waals surface area contributed by atoms with Crippen LogP contribution in [0.1, 0.15) is 40.0 Å². The Bertz CT molecular complexity index is 1110. The molecule has 0 unspecified atom stereocenters. The van der Waals surface area contributed by atoms with Crippen LogP contribution in [0.15, 0.2) is 48.5 Å². The number of hydrogen-bond acceptors (Lipinski definition) is 4. The van der Waals surface area contributed by atoms with Crippen LogP contribution in [0.5, 0.6) is 0 Å². The minimum absolute atomic E-state index is 0.140. The number of amides is 3. The van der Waals surface area contributed by atoms with Gasteiger partial charge < -0.3 is 0 Å². The molecule has 0 N–H and O–H groups in total. The first-order valence-electron chi connectivity index (χ1n) is 10.6. The SMILES string of the molecule is O=C(CN(C(=O)c1ccc(Cl)c(Cl)c1)N1C(=O)[C@@H]2[C@H]3CC[C@@H](C3)[C@@H]2C1=O)c1ccccc1. The number of imide groups is 1. The summed E-state index contributed by atoms with van der Waals surface area (Å²) in [6, 6.07) is 12.8. The number of halogens is 2. The van der Waals surface area contributed by atoms with Gasteiger partial charge in [0.25, 0.3) is 17.7 Å². The average molecular weight is 471 g/mol. The van der Waals surface area contributed by atoms with E-state index in [1.54, 1.807) is 30.3 Å². The standard InChI is InChI=1S/C24H20Cl2N2O4/c25-17-9-8-16(11-18(17)26)22(30)27(12-19(29)13-4-2-1-3-5-13)28-23(31)20-14-6-7-15(10-14)21(20)24(28)32/h1-5,8-9,11,14-15,20-21H,6-7,10,12H2/t14-,15-,20-,21+/m0/s1. The summed E-state index contributed by atoms with van der Waals surface area (Å²) in [5.41, 5.74) is 0.527. The summed E-state index contributed by atoms with van der Waals surface area (Å²) in [6.45, 7) is -0.435. The largest absolute Gasteiger partial charge is 0.292 e. The second-order valence-electron chi connectivity index (χ2n) is 8.65. The van der Waals surface area contributed by atoms with Crippen molar-refractivity contribution in [1.29, 1.82) is 0 Å². The Morgan fingerprint density at radius 2 is 1.50 bits per heavy atom. The molecule has 2 aliphatic carbocycles. The maximum absolute atomic E-state index is 13.5. The van der Waals surface area contributed by atoms with E-state index in [1.807, 2.05) is 0 Å². The van der Waals surface area contributed by atoms with Crippen molar-refractivity contribution in [3.05, 3.63) is 69.7 Å². The quantitative estimate of drug-likeness (QED) is 0.483. The first-order chi connectivity index (χ1) is 15.4. The second kappa shape index (κ2) is 8.01. The summed E-state index contributed by atoms with van der Waals surface area (Å²) in [5, 5.41) is 2.35. The Hall–Kier alpha value is -2.70. The zero-order valence-corrected chi connectivity index (χ0v) is 18.6.